The van der Waals surface area contributed by atoms with Gasteiger partial charge in [-0.05, 0) is 19.1 Å². The normalized spacial score (nSPS) is 26.4. The summed E-state index contributed by atoms with van der Waals surface area (Å²) in [5, 5.41) is 0.849. The van der Waals surface area contributed by atoms with E-state index in [9.17, 15) is 8.42 Å². The predicted molar refractivity (Wildman–Crippen MR) is 96.0 cm³/mol. The van der Waals surface area contributed by atoms with Crippen molar-refractivity contribution >= 4 is 32.5 Å². The molecule has 4 rings (SSSR count). The van der Waals surface area contributed by atoms with Gasteiger partial charge in [0.1, 0.15) is 0 Å². The van der Waals surface area contributed by atoms with Crippen LogP contribution in [0, 0.1) is 0 Å². The van der Waals surface area contributed by atoms with E-state index in [-0.39, 0.29) is 30.4 Å². The topological polar surface area (TPSA) is 68.2 Å². The molecule has 6 nitrogen and oxygen atoms in total. The first-order valence-electron chi connectivity index (χ1n) is 7.67. The number of sulfone groups is 1. The molecular formula is C16H18N2O4S2. The van der Waals surface area contributed by atoms with Crippen LogP contribution < -0.4 is 14.4 Å². The maximum Gasteiger partial charge on any atom is 0.231 e. The molecular weight excluding hydrogens is 348 g/mol. The Morgan fingerprint density at radius 1 is 1.38 bits per heavy atom. The molecule has 3 heterocycles. The van der Waals surface area contributed by atoms with Crippen LogP contribution in [0.25, 0.3) is 0 Å². The van der Waals surface area contributed by atoms with Gasteiger partial charge in [0.05, 0.1) is 23.6 Å². The lowest BCUT2D eigenvalue weighted by molar-refractivity contribution is 0.174. The van der Waals surface area contributed by atoms with Crippen LogP contribution in [0.5, 0.6) is 11.5 Å². The number of benzene rings is 1. The maximum atomic E-state index is 12.0. The SMILES string of the molecule is C=C(C)CSC1=NC2CS(=O)(=O)CC2N1c1ccc2c(c1)OCO2. The van der Waals surface area contributed by atoms with E-state index in [0.717, 1.165) is 22.2 Å². The summed E-state index contributed by atoms with van der Waals surface area (Å²) in [4.78, 5) is 6.71. The summed E-state index contributed by atoms with van der Waals surface area (Å²) in [6, 6.07) is 5.33. The number of anilines is 1. The average Bonchev–Trinajstić information content (AvgIpc) is 3.15. The zero-order valence-electron chi connectivity index (χ0n) is 13.3. The highest BCUT2D eigenvalue weighted by Crippen LogP contribution is 2.40. The number of amidine groups is 1. The Bertz CT molecular complexity index is 834. The standard InChI is InChI=1S/C16H18N2O4S2/c1-10(2)6-23-16-17-12-7-24(19,20)8-13(12)18(16)11-3-4-14-15(5-11)22-9-21-14/h3-5,12-13H,1,6-9H2,2H3. The van der Waals surface area contributed by atoms with Crippen LogP contribution >= 0.6 is 11.8 Å². The second-order valence-corrected chi connectivity index (χ2v) is 9.37. The molecule has 0 radical (unpaired) electrons. The van der Waals surface area contributed by atoms with Crippen molar-refractivity contribution in [3.63, 3.8) is 0 Å². The van der Waals surface area contributed by atoms with Crippen LogP contribution in [0.1, 0.15) is 6.92 Å². The van der Waals surface area contributed by atoms with Crippen molar-refractivity contribution in [1.82, 2.24) is 0 Å². The lowest BCUT2D eigenvalue weighted by Crippen LogP contribution is -2.39. The average molecular weight is 366 g/mol. The van der Waals surface area contributed by atoms with Crippen molar-refractivity contribution in [3.05, 3.63) is 30.4 Å². The Kier molecular flexibility index (Phi) is 3.76. The second kappa shape index (κ2) is 5.70. The van der Waals surface area contributed by atoms with E-state index in [1.54, 1.807) is 11.8 Å². The first-order valence-corrected chi connectivity index (χ1v) is 10.5. The summed E-state index contributed by atoms with van der Waals surface area (Å²) in [5.41, 5.74) is 1.94. The molecule has 3 aliphatic rings. The highest BCUT2D eigenvalue weighted by atomic mass is 32.2. The summed E-state index contributed by atoms with van der Waals surface area (Å²) < 4.78 is 34.9. The van der Waals surface area contributed by atoms with Gasteiger partial charge < -0.3 is 14.4 Å². The molecule has 3 aliphatic heterocycles. The molecule has 1 aromatic rings. The molecule has 2 unspecified atom stereocenters. The van der Waals surface area contributed by atoms with E-state index in [1.165, 1.54) is 0 Å². The molecule has 0 bridgehead atoms. The van der Waals surface area contributed by atoms with Gasteiger partial charge in [0, 0.05) is 17.5 Å². The molecule has 0 spiro atoms. The van der Waals surface area contributed by atoms with Crippen molar-refractivity contribution in [1.29, 1.82) is 0 Å². The Morgan fingerprint density at radius 3 is 2.96 bits per heavy atom. The number of hydrogen-bond acceptors (Lipinski definition) is 7. The second-order valence-electron chi connectivity index (χ2n) is 6.28. The molecule has 128 valence electrons. The quantitative estimate of drug-likeness (QED) is 0.763. The zero-order valence-corrected chi connectivity index (χ0v) is 14.9. The van der Waals surface area contributed by atoms with Crippen molar-refractivity contribution < 1.29 is 17.9 Å². The van der Waals surface area contributed by atoms with Crippen LogP contribution in [0.4, 0.5) is 5.69 Å². The molecule has 0 amide bonds. The lowest BCUT2D eigenvalue weighted by Gasteiger charge is -2.26. The van der Waals surface area contributed by atoms with Crippen LogP contribution in [0.2, 0.25) is 0 Å². The van der Waals surface area contributed by atoms with Gasteiger partial charge >= 0.3 is 0 Å². The maximum absolute atomic E-state index is 12.0. The van der Waals surface area contributed by atoms with Crippen LogP contribution in [0.15, 0.2) is 35.3 Å². The van der Waals surface area contributed by atoms with E-state index in [1.807, 2.05) is 30.0 Å². The predicted octanol–water partition coefficient (Wildman–Crippen LogP) is 2.07. The molecule has 24 heavy (non-hydrogen) atoms. The fraction of sp³-hybridized carbons (Fsp3) is 0.438. The number of thioether (sulfide) groups is 1. The largest absolute Gasteiger partial charge is 0.454 e. The van der Waals surface area contributed by atoms with Crippen molar-refractivity contribution in [2.45, 2.75) is 19.0 Å². The molecule has 8 heteroatoms. The molecule has 0 aromatic heterocycles. The summed E-state index contributed by atoms with van der Waals surface area (Å²) >= 11 is 1.59. The molecule has 1 saturated heterocycles. The van der Waals surface area contributed by atoms with Crippen LogP contribution in [-0.4, -0.2) is 49.7 Å². The first kappa shape index (κ1) is 15.8. The van der Waals surface area contributed by atoms with Gasteiger partial charge in [-0.3, -0.25) is 4.99 Å². The minimum absolute atomic E-state index is 0.121. The smallest absolute Gasteiger partial charge is 0.231 e. The first-order chi connectivity index (χ1) is 11.4. The van der Waals surface area contributed by atoms with Gasteiger partial charge in [-0.1, -0.05) is 23.9 Å². The third kappa shape index (κ3) is 2.77. The van der Waals surface area contributed by atoms with Gasteiger partial charge in [-0.15, -0.1) is 0 Å². The Morgan fingerprint density at radius 2 is 2.17 bits per heavy atom. The van der Waals surface area contributed by atoms with Crippen molar-refractivity contribution in [2.75, 3.05) is 29.0 Å². The molecule has 1 aromatic carbocycles. The number of fused-ring (bicyclic) bond motifs is 2. The highest BCUT2D eigenvalue weighted by Gasteiger charge is 2.47. The fourth-order valence-corrected chi connectivity index (χ4v) is 5.97. The van der Waals surface area contributed by atoms with Crippen LogP contribution in [-0.2, 0) is 9.84 Å². The van der Waals surface area contributed by atoms with E-state index in [4.69, 9.17) is 9.47 Å². The monoisotopic (exact) mass is 366 g/mol. The Hall–Kier alpha value is -1.67. The summed E-state index contributed by atoms with van der Waals surface area (Å²) in [5.74, 6) is 2.40. The minimum atomic E-state index is -3.04. The molecule has 1 fully saturated rings. The molecule has 0 aliphatic carbocycles. The molecule has 0 saturated carbocycles. The van der Waals surface area contributed by atoms with Crippen LogP contribution in [0.3, 0.4) is 0 Å². The number of hydrogen-bond donors (Lipinski definition) is 0. The number of aliphatic imine (C=N–C) groups is 1. The zero-order chi connectivity index (χ0) is 16.9. The summed E-state index contributed by atoms with van der Waals surface area (Å²) in [7, 11) is -3.04. The van der Waals surface area contributed by atoms with Gasteiger partial charge in [0.15, 0.2) is 26.5 Å². The van der Waals surface area contributed by atoms with Crippen molar-refractivity contribution in [2.24, 2.45) is 4.99 Å². The van der Waals surface area contributed by atoms with E-state index < -0.39 is 9.84 Å². The summed E-state index contributed by atoms with van der Waals surface area (Å²) in [6.45, 7) is 6.11. The third-order valence-corrected chi connectivity index (χ3v) is 7.09. The third-order valence-electron chi connectivity index (χ3n) is 4.19. The van der Waals surface area contributed by atoms with E-state index >= 15 is 0 Å². The molecule has 2 atom stereocenters. The van der Waals surface area contributed by atoms with Crippen molar-refractivity contribution in [3.8, 4) is 11.5 Å². The Labute approximate surface area is 145 Å². The lowest BCUT2D eigenvalue weighted by atomic mass is 10.1. The van der Waals surface area contributed by atoms with Gasteiger partial charge in [-0.2, -0.15) is 0 Å². The molecule has 0 N–H and O–H groups in total. The van der Waals surface area contributed by atoms with Gasteiger partial charge in [0.2, 0.25) is 6.79 Å². The summed E-state index contributed by atoms with van der Waals surface area (Å²) in [6.07, 6.45) is 0. The highest BCUT2D eigenvalue weighted by molar-refractivity contribution is 8.14. The Balaban J connectivity index is 1.69. The number of rotatable bonds is 3. The number of ether oxygens (including phenoxy) is 2. The fourth-order valence-electron chi connectivity index (χ4n) is 3.16. The van der Waals surface area contributed by atoms with Gasteiger partial charge in [0.25, 0.3) is 0 Å². The minimum Gasteiger partial charge on any atom is -0.454 e. The number of nitrogens with zero attached hydrogens (tertiary/aromatic N) is 2. The van der Waals surface area contributed by atoms with E-state index in [0.29, 0.717) is 11.5 Å². The van der Waals surface area contributed by atoms with Gasteiger partial charge in [-0.25, -0.2) is 8.42 Å². The van der Waals surface area contributed by atoms with E-state index in [2.05, 4.69) is 11.6 Å².